The van der Waals surface area contributed by atoms with Crippen molar-refractivity contribution in [1.82, 2.24) is 4.98 Å². The van der Waals surface area contributed by atoms with Gasteiger partial charge in [0.15, 0.2) is 0 Å². The van der Waals surface area contributed by atoms with Gasteiger partial charge in [0.2, 0.25) is 6.10 Å². The lowest BCUT2D eigenvalue weighted by Crippen LogP contribution is -2.16. The summed E-state index contributed by atoms with van der Waals surface area (Å²) in [5.41, 5.74) is 0. The Morgan fingerprint density at radius 2 is 2.50 bits per heavy atom. The molecular weight excluding hydrogens is 206 g/mol. The maximum atomic E-state index is 10.8. The number of aliphatic hydroxyl groups is 1. The van der Waals surface area contributed by atoms with Crippen LogP contribution in [-0.2, 0) is 9.53 Å². The van der Waals surface area contributed by atoms with E-state index < -0.39 is 12.1 Å². The summed E-state index contributed by atoms with van der Waals surface area (Å²) in [5.74, 6) is -1.06. The number of rotatable bonds is 6. The lowest BCUT2D eigenvalue weighted by Gasteiger charge is -2.09. The van der Waals surface area contributed by atoms with Crippen molar-refractivity contribution < 1.29 is 19.7 Å². The molecule has 1 aromatic heterocycles. The van der Waals surface area contributed by atoms with Crippen molar-refractivity contribution in [3.8, 4) is 0 Å². The Kier molecular flexibility index (Phi) is 4.51. The molecule has 1 heterocycles. The highest BCUT2D eigenvalue weighted by Gasteiger charge is 2.22. The molecule has 0 fully saturated rings. The Morgan fingerprint density at radius 1 is 1.71 bits per heavy atom. The number of carboxylic acids is 1. The van der Waals surface area contributed by atoms with Gasteiger partial charge in [-0.25, -0.2) is 9.78 Å². The lowest BCUT2D eigenvalue weighted by molar-refractivity contribution is -0.151. The number of carboxylic acid groups (broad SMARTS) is 1. The van der Waals surface area contributed by atoms with Crippen molar-refractivity contribution in [1.29, 1.82) is 0 Å². The third-order valence-electron chi connectivity index (χ3n) is 1.49. The average molecular weight is 217 g/mol. The summed E-state index contributed by atoms with van der Waals surface area (Å²) in [5, 5.41) is 19.5. The van der Waals surface area contributed by atoms with Crippen molar-refractivity contribution in [2.45, 2.75) is 12.5 Å². The van der Waals surface area contributed by atoms with E-state index in [1.54, 1.807) is 5.38 Å². The van der Waals surface area contributed by atoms with E-state index in [1.165, 1.54) is 17.5 Å². The zero-order valence-electron chi connectivity index (χ0n) is 7.42. The van der Waals surface area contributed by atoms with Crippen LogP contribution in [0.3, 0.4) is 0 Å². The standard InChI is InChI=1S/C8H11NO4S/c10-3-1-4-13-6(8(11)12)7-9-2-5-14-7/h2,5-6,10H,1,3-4H2,(H,11,12). The zero-order chi connectivity index (χ0) is 10.4. The molecule has 0 radical (unpaired) electrons. The molecule has 6 heteroatoms. The van der Waals surface area contributed by atoms with Crippen LogP contribution in [0.15, 0.2) is 11.6 Å². The van der Waals surface area contributed by atoms with Gasteiger partial charge in [-0.2, -0.15) is 0 Å². The fraction of sp³-hybridized carbons (Fsp3) is 0.500. The maximum Gasteiger partial charge on any atom is 0.340 e. The van der Waals surface area contributed by atoms with Crippen molar-refractivity contribution in [3.63, 3.8) is 0 Å². The first kappa shape index (κ1) is 11.1. The molecule has 0 aliphatic rings. The minimum Gasteiger partial charge on any atom is -0.479 e. The van der Waals surface area contributed by atoms with E-state index in [9.17, 15) is 4.79 Å². The van der Waals surface area contributed by atoms with Crippen LogP contribution in [0, 0.1) is 0 Å². The molecule has 0 amide bonds. The minimum absolute atomic E-state index is 0.00971. The van der Waals surface area contributed by atoms with Crippen molar-refractivity contribution in [2.24, 2.45) is 0 Å². The summed E-state index contributed by atoms with van der Waals surface area (Å²) < 4.78 is 5.08. The minimum atomic E-state index is -1.06. The molecule has 0 aliphatic heterocycles. The molecule has 14 heavy (non-hydrogen) atoms. The van der Waals surface area contributed by atoms with E-state index >= 15 is 0 Å². The van der Waals surface area contributed by atoms with Crippen LogP contribution in [0.4, 0.5) is 0 Å². The second-order valence-corrected chi connectivity index (χ2v) is 3.46. The van der Waals surface area contributed by atoms with E-state index in [-0.39, 0.29) is 13.2 Å². The highest BCUT2D eigenvalue weighted by molar-refractivity contribution is 7.09. The van der Waals surface area contributed by atoms with Crippen molar-refractivity contribution in [3.05, 3.63) is 16.6 Å². The maximum absolute atomic E-state index is 10.8. The molecule has 2 N–H and O–H groups in total. The molecule has 0 saturated heterocycles. The molecule has 1 atom stereocenters. The van der Waals surface area contributed by atoms with Crippen LogP contribution in [0.1, 0.15) is 17.5 Å². The number of ether oxygens (including phenoxy) is 1. The number of aromatic nitrogens is 1. The second kappa shape index (κ2) is 5.69. The van der Waals surface area contributed by atoms with Gasteiger partial charge in [0.05, 0.1) is 6.61 Å². The quantitative estimate of drug-likeness (QED) is 0.684. The number of aliphatic hydroxyl groups excluding tert-OH is 1. The summed E-state index contributed by atoms with van der Waals surface area (Å²) >= 11 is 1.24. The van der Waals surface area contributed by atoms with E-state index in [2.05, 4.69) is 4.98 Å². The molecule has 0 bridgehead atoms. The van der Waals surface area contributed by atoms with E-state index in [0.29, 0.717) is 11.4 Å². The second-order valence-electron chi connectivity index (χ2n) is 2.54. The smallest absolute Gasteiger partial charge is 0.340 e. The van der Waals surface area contributed by atoms with Gasteiger partial charge in [0, 0.05) is 18.2 Å². The molecular formula is C8H11NO4S. The molecule has 0 spiro atoms. The van der Waals surface area contributed by atoms with Gasteiger partial charge in [-0.05, 0) is 6.42 Å². The van der Waals surface area contributed by atoms with Crippen LogP contribution in [0.25, 0.3) is 0 Å². The number of carbonyl (C=O) groups is 1. The number of thiazole rings is 1. The summed E-state index contributed by atoms with van der Waals surface area (Å²) in [7, 11) is 0. The van der Waals surface area contributed by atoms with Gasteiger partial charge in [-0.1, -0.05) is 0 Å². The highest BCUT2D eigenvalue weighted by Crippen LogP contribution is 2.19. The topological polar surface area (TPSA) is 79.7 Å². The SMILES string of the molecule is O=C(O)C(OCCCO)c1nccs1. The normalized spacial score (nSPS) is 12.6. The zero-order valence-corrected chi connectivity index (χ0v) is 8.24. The monoisotopic (exact) mass is 217 g/mol. The number of hydrogen-bond donors (Lipinski definition) is 2. The summed E-state index contributed by atoms with van der Waals surface area (Å²) in [6, 6.07) is 0. The van der Waals surface area contributed by atoms with Gasteiger partial charge in [-0.15, -0.1) is 11.3 Å². The summed E-state index contributed by atoms with van der Waals surface area (Å²) in [6.45, 7) is 0.206. The Labute approximate surface area is 85.0 Å². The summed E-state index contributed by atoms with van der Waals surface area (Å²) in [6.07, 6.45) is 0.946. The van der Waals surface area contributed by atoms with Crippen molar-refractivity contribution >= 4 is 17.3 Å². The molecule has 0 aromatic carbocycles. The fourth-order valence-electron chi connectivity index (χ4n) is 0.878. The summed E-state index contributed by atoms with van der Waals surface area (Å²) in [4.78, 5) is 14.6. The molecule has 1 rings (SSSR count). The van der Waals surface area contributed by atoms with Gasteiger partial charge in [-0.3, -0.25) is 0 Å². The van der Waals surface area contributed by atoms with Gasteiger partial charge in [0.1, 0.15) is 5.01 Å². The molecule has 1 unspecified atom stereocenters. The Balaban J connectivity index is 2.52. The Bertz CT molecular complexity index is 275. The first-order chi connectivity index (χ1) is 6.75. The highest BCUT2D eigenvalue weighted by atomic mass is 32.1. The van der Waals surface area contributed by atoms with Crippen LogP contribution in [-0.4, -0.2) is 34.4 Å². The molecule has 0 saturated carbocycles. The fourth-order valence-corrected chi connectivity index (χ4v) is 1.55. The lowest BCUT2D eigenvalue weighted by atomic mass is 10.3. The third-order valence-corrected chi connectivity index (χ3v) is 2.31. The Morgan fingerprint density at radius 3 is 3.00 bits per heavy atom. The van der Waals surface area contributed by atoms with Gasteiger partial charge >= 0.3 is 5.97 Å². The number of aliphatic carboxylic acids is 1. The predicted octanol–water partition coefficient (Wildman–Crippen LogP) is 0.668. The first-order valence-corrected chi connectivity index (χ1v) is 4.98. The first-order valence-electron chi connectivity index (χ1n) is 4.10. The largest absolute Gasteiger partial charge is 0.479 e. The van der Waals surface area contributed by atoms with E-state index in [4.69, 9.17) is 14.9 Å². The molecule has 1 aromatic rings. The van der Waals surface area contributed by atoms with E-state index in [0.717, 1.165) is 0 Å². The van der Waals surface area contributed by atoms with E-state index in [1.807, 2.05) is 0 Å². The number of nitrogens with zero attached hydrogens (tertiary/aromatic N) is 1. The number of hydrogen-bond acceptors (Lipinski definition) is 5. The van der Waals surface area contributed by atoms with Crippen molar-refractivity contribution in [2.75, 3.05) is 13.2 Å². The van der Waals surface area contributed by atoms with Crippen LogP contribution in [0.5, 0.6) is 0 Å². The predicted molar refractivity (Wildman–Crippen MR) is 50.1 cm³/mol. The van der Waals surface area contributed by atoms with Crippen LogP contribution in [0.2, 0.25) is 0 Å². The van der Waals surface area contributed by atoms with Crippen LogP contribution >= 0.6 is 11.3 Å². The molecule has 0 aliphatic carbocycles. The average Bonchev–Trinajstić information content (AvgIpc) is 2.64. The molecule has 78 valence electrons. The van der Waals surface area contributed by atoms with Gasteiger partial charge < -0.3 is 14.9 Å². The molecule has 5 nitrogen and oxygen atoms in total. The third kappa shape index (κ3) is 3.06. The van der Waals surface area contributed by atoms with Gasteiger partial charge in [0.25, 0.3) is 0 Å². The van der Waals surface area contributed by atoms with Crippen LogP contribution < -0.4 is 0 Å². The Hall–Kier alpha value is -0.980.